The molecular weight excluding hydrogens is 336 g/mol. The second-order valence-electron chi connectivity index (χ2n) is 4.64. The Kier molecular flexibility index (Phi) is 4.74. The van der Waals surface area contributed by atoms with Crippen molar-refractivity contribution in [3.05, 3.63) is 15.9 Å². The Labute approximate surface area is 124 Å². The summed E-state index contributed by atoms with van der Waals surface area (Å²) in [5.74, 6) is -0.132. The first-order chi connectivity index (χ1) is 9.43. The molecule has 2 heterocycles. The summed E-state index contributed by atoms with van der Waals surface area (Å²) >= 11 is 3.11. The van der Waals surface area contributed by atoms with Crippen molar-refractivity contribution in [2.24, 2.45) is 0 Å². The molecule has 0 spiro atoms. The fraction of sp³-hybridized carbons (Fsp3) is 0.667. The van der Waals surface area contributed by atoms with E-state index in [0.29, 0.717) is 32.0 Å². The van der Waals surface area contributed by atoms with Crippen molar-refractivity contribution in [2.75, 3.05) is 26.3 Å². The molecular formula is C12H16BrF2N3O2. The number of hydrogen-bond acceptors (Lipinski definition) is 3. The van der Waals surface area contributed by atoms with Crippen molar-refractivity contribution in [2.45, 2.75) is 26.3 Å². The highest BCUT2D eigenvalue weighted by Crippen LogP contribution is 2.30. The lowest BCUT2D eigenvalue weighted by atomic mass is 10.2. The Hall–Kier alpha value is -1.02. The smallest absolute Gasteiger partial charge is 0.283 e. The highest BCUT2D eigenvalue weighted by atomic mass is 79.9. The minimum atomic E-state index is -2.67. The average molecular weight is 352 g/mol. The van der Waals surface area contributed by atoms with Gasteiger partial charge in [0.15, 0.2) is 0 Å². The van der Waals surface area contributed by atoms with Gasteiger partial charge >= 0.3 is 0 Å². The molecule has 8 heteroatoms. The van der Waals surface area contributed by atoms with E-state index in [0.717, 1.165) is 0 Å². The van der Waals surface area contributed by atoms with Crippen LogP contribution in [0.15, 0.2) is 4.47 Å². The van der Waals surface area contributed by atoms with Gasteiger partial charge in [-0.15, -0.1) is 0 Å². The molecule has 1 amide bonds. The fourth-order valence-corrected chi connectivity index (χ4v) is 2.62. The van der Waals surface area contributed by atoms with Crippen molar-refractivity contribution in [1.82, 2.24) is 14.7 Å². The third-order valence-corrected chi connectivity index (χ3v) is 4.34. The molecule has 1 atom stereocenters. The Morgan fingerprint density at radius 3 is 2.50 bits per heavy atom. The average Bonchev–Trinajstić information content (AvgIpc) is 2.75. The lowest BCUT2D eigenvalue weighted by Gasteiger charge is -2.29. The number of hydrogen-bond donors (Lipinski definition) is 0. The molecule has 0 N–H and O–H groups in total. The van der Waals surface area contributed by atoms with Gasteiger partial charge in [0.2, 0.25) is 5.91 Å². The Morgan fingerprint density at radius 1 is 1.40 bits per heavy atom. The minimum absolute atomic E-state index is 0.132. The molecule has 1 aromatic rings. The molecule has 5 nitrogen and oxygen atoms in total. The SMILES string of the molecule is Cc1c(Br)c(C(F)F)nn1C(C)C(=O)N1CCOCC1. The molecule has 1 aromatic heterocycles. The van der Waals surface area contributed by atoms with Gasteiger partial charge in [-0.05, 0) is 29.8 Å². The van der Waals surface area contributed by atoms with Crippen molar-refractivity contribution in [3.8, 4) is 0 Å². The zero-order valence-electron chi connectivity index (χ0n) is 11.3. The Morgan fingerprint density at radius 2 is 2.00 bits per heavy atom. The summed E-state index contributed by atoms with van der Waals surface area (Å²) in [6.45, 7) is 5.37. The number of aromatic nitrogens is 2. The number of halogens is 3. The number of ether oxygens (including phenoxy) is 1. The van der Waals surface area contributed by atoms with Crippen LogP contribution in [0.25, 0.3) is 0 Å². The van der Waals surface area contributed by atoms with Gasteiger partial charge in [-0.2, -0.15) is 5.10 Å². The Bertz CT molecular complexity index is 501. The molecule has 0 radical (unpaired) electrons. The molecule has 112 valence electrons. The number of nitrogens with zero attached hydrogens (tertiary/aromatic N) is 3. The third-order valence-electron chi connectivity index (χ3n) is 3.36. The molecule has 0 aliphatic carbocycles. The maximum absolute atomic E-state index is 12.8. The van der Waals surface area contributed by atoms with Gasteiger partial charge in [0, 0.05) is 13.1 Å². The van der Waals surface area contributed by atoms with Crippen molar-refractivity contribution < 1.29 is 18.3 Å². The van der Waals surface area contributed by atoms with Crippen LogP contribution in [0.4, 0.5) is 8.78 Å². The molecule has 1 unspecified atom stereocenters. The van der Waals surface area contributed by atoms with Crippen molar-refractivity contribution >= 4 is 21.8 Å². The van der Waals surface area contributed by atoms with Gasteiger partial charge in [-0.25, -0.2) is 8.78 Å². The van der Waals surface area contributed by atoms with E-state index in [2.05, 4.69) is 21.0 Å². The van der Waals surface area contributed by atoms with E-state index in [-0.39, 0.29) is 16.1 Å². The summed E-state index contributed by atoms with van der Waals surface area (Å²) in [5.41, 5.74) is 0.193. The fourth-order valence-electron chi connectivity index (χ4n) is 2.19. The van der Waals surface area contributed by atoms with Crippen LogP contribution in [0, 0.1) is 6.92 Å². The van der Waals surface area contributed by atoms with E-state index in [1.165, 1.54) is 4.68 Å². The van der Waals surface area contributed by atoms with Crippen LogP contribution in [0.2, 0.25) is 0 Å². The van der Waals surface area contributed by atoms with Crippen molar-refractivity contribution in [3.63, 3.8) is 0 Å². The number of amides is 1. The summed E-state index contributed by atoms with van der Waals surface area (Å²) in [4.78, 5) is 14.0. The maximum Gasteiger partial charge on any atom is 0.283 e. The third kappa shape index (κ3) is 2.85. The zero-order valence-corrected chi connectivity index (χ0v) is 12.9. The monoisotopic (exact) mass is 351 g/mol. The van der Waals surface area contributed by atoms with Gasteiger partial charge in [0.05, 0.1) is 23.4 Å². The molecule has 2 rings (SSSR count). The predicted octanol–water partition coefficient (Wildman–Crippen LogP) is 2.31. The van der Waals surface area contributed by atoms with Gasteiger partial charge < -0.3 is 9.64 Å². The predicted molar refractivity (Wildman–Crippen MR) is 71.7 cm³/mol. The number of carbonyl (C=O) groups is 1. The van der Waals surface area contributed by atoms with Crippen LogP contribution in [0.1, 0.15) is 30.8 Å². The summed E-state index contributed by atoms with van der Waals surface area (Å²) in [5, 5.41) is 3.87. The van der Waals surface area contributed by atoms with Crippen LogP contribution >= 0.6 is 15.9 Å². The van der Waals surface area contributed by atoms with E-state index in [9.17, 15) is 13.6 Å². The van der Waals surface area contributed by atoms with Crippen molar-refractivity contribution in [1.29, 1.82) is 0 Å². The second-order valence-corrected chi connectivity index (χ2v) is 5.44. The van der Waals surface area contributed by atoms with Crippen LogP contribution in [0.3, 0.4) is 0 Å². The van der Waals surface area contributed by atoms with Crippen LogP contribution < -0.4 is 0 Å². The number of rotatable bonds is 3. The zero-order chi connectivity index (χ0) is 14.9. The summed E-state index contributed by atoms with van der Waals surface area (Å²) in [6.07, 6.45) is -2.67. The van der Waals surface area contributed by atoms with Gasteiger partial charge in [-0.1, -0.05) is 0 Å². The summed E-state index contributed by atoms with van der Waals surface area (Å²) in [6, 6.07) is -0.614. The quantitative estimate of drug-likeness (QED) is 0.839. The molecule has 0 saturated carbocycles. The molecule has 1 saturated heterocycles. The normalized spacial score (nSPS) is 17.6. The second kappa shape index (κ2) is 6.17. The summed E-state index contributed by atoms with van der Waals surface area (Å²) < 4.78 is 32.4. The molecule has 0 aromatic carbocycles. The molecule has 1 aliphatic heterocycles. The highest BCUT2D eigenvalue weighted by molar-refractivity contribution is 9.10. The van der Waals surface area contributed by atoms with Gasteiger partial charge in [0.25, 0.3) is 6.43 Å². The topological polar surface area (TPSA) is 47.4 Å². The minimum Gasteiger partial charge on any atom is -0.378 e. The first-order valence-corrected chi connectivity index (χ1v) is 7.12. The highest BCUT2D eigenvalue weighted by Gasteiger charge is 2.28. The number of alkyl halides is 2. The van der Waals surface area contributed by atoms with Crippen LogP contribution in [0.5, 0.6) is 0 Å². The maximum atomic E-state index is 12.8. The van der Waals surface area contributed by atoms with E-state index in [1.54, 1.807) is 18.7 Å². The number of carbonyl (C=O) groups excluding carboxylic acids is 1. The van der Waals surface area contributed by atoms with Crippen LogP contribution in [-0.2, 0) is 9.53 Å². The lowest BCUT2D eigenvalue weighted by Crippen LogP contribution is -2.44. The van der Waals surface area contributed by atoms with Gasteiger partial charge in [-0.3, -0.25) is 9.48 Å². The lowest BCUT2D eigenvalue weighted by molar-refractivity contribution is -0.138. The van der Waals surface area contributed by atoms with E-state index >= 15 is 0 Å². The summed E-state index contributed by atoms with van der Waals surface area (Å²) in [7, 11) is 0. The largest absolute Gasteiger partial charge is 0.378 e. The molecule has 0 bridgehead atoms. The molecule has 1 aliphatic rings. The first kappa shape index (κ1) is 15.4. The number of morpholine rings is 1. The molecule has 20 heavy (non-hydrogen) atoms. The first-order valence-electron chi connectivity index (χ1n) is 6.32. The Balaban J connectivity index is 2.22. The van der Waals surface area contributed by atoms with Crippen LogP contribution in [-0.4, -0.2) is 46.9 Å². The van der Waals surface area contributed by atoms with E-state index in [1.807, 2.05) is 0 Å². The van der Waals surface area contributed by atoms with E-state index in [4.69, 9.17) is 4.74 Å². The standard InChI is InChI=1S/C12H16BrF2N3O2/c1-7-9(13)10(11(14)15)16-18(7)8(2)12(19)17-3-5-20-6-4-17/h8,11H,3-6H2,1-2H3. The molecule has 1 fully saturated rings. The van der Waals surface area contributed by atoms with E-state index < -0.39 is 12.5 Å². The van der Waals surface area contributed by atoms with Gasteiger partial charge in [0.1, 0.15) is 11.7 Å².